The van der Waals surface area contributed by atoms with Gasteiger partial charge in [0.2, 0.25) is 11.8 Å². The van der Waals surface area contributed by atoms with Crippen molar-refractivity contribution in [1.82, 2.24) is 10.2 Å². The van der Waals surface area contributed by atoms with Gasteiger partial charge in [-0.15, -0.1) is 10.2 Å². The van der Waals surface area contributed by atoms with Crippen molar-refractivity contribution < 1.29 is 17.6 Å². The number of aromatic nitrogens is 2. The van der Waals surface area contributed by atoms with E-state index in [9.17, 15) is 13.2 Å². The third kappa shape index (κ3) is 3.68. The zero-order chi connectivity index (χ0) is 17.2. The Balaban J connectivity index is 1.77. The summed E-state index contributed by atoms with van der Waals surface area (Å²) < 4.78 is 44.5. The summed E-state index contributed by atoms with van der Waals surface area (Å²) in [5.41, 5.74) is -0.220. The van der Waals surface area contributed by atoms with E-state index in [1.54, 1.807) is 12.1 Å². The van der Waals surface area contributed by atoms with Crippen LogP contribution in [-0.2, 0) is 12.7 Å². The van der Waals surface area contributed by atoms with Gasteiger partial charge in [0.15, 0.2) is 0 Å². The number of nitrogens with one attached hydrogen (secondary N) is 1. The maximum atomic E-state index is 13.0. The molecule has 0 bridgehead atoms. The first-order chi connectivity index (χ1) is 11.4. The van der Waals surface area contributed by atoms with Crippen LogP contribution >= 0.6 is 11.6 Å². The molecule has 1 heterocycles. The van der Waals surface area contributed by atoms with Gasteiger partial charge in [-0.2, -0.15) is 13.2 Å². The van der Waals surface area contributed by atoms with Gasteiger partial charge in [0, 0.05) is 16.3 Å². The van der Waals surface area contributed by atoms with Crippen molar-refractivity contribution in [2.75, 3.05) is 5.32 Å². The first-order valence-corrected chi connectivity index (χ1v) is 7.30. The molecular formula is C16H11ClF3N3O. The van der Waals surface area contributed by atoms with Crippen molar-refractivity contribution in [3.05, 3.63) is 65.0 Å². The maximum absolute atomic E-state index is 13.0. The van der Waals surface area contributed by atoms with Crippen LogP contribution in [0.4, 0.5) is 18.9 Å². The van der Waals surface area contributed by atoms with Gasteiger partial charge in [-0.3, -0.25) is 0 Å². The van der Waals surface area contributed by atoms with E-state index in [0.717, 1.165) is 11.6 Å². The van der Waals surface area contributed by atoms with Gasteiger partial charge in [0.05, 0.1) is 12.1 Å². The van der Waals surface area contributed by atoms with Gasteiger partial charge < -0.3 is 9.73 Å². The van der Waals surface area contributed by atoms with E-state index < -0.39 is 11.7 Å². The smallest absolute Gasteiger partial charge is 0.418 e. The van der Waals surface area contributed by atoms with Crippen LogP contribution in [-0.4, -0.2) is 10.2 Å². The largest absolute Gasteiger partial charge is 0.419 e. The van der Waals surface area contributed by atoms with Crippen molar-refractivity contribution >= 4 is 17.3 Å². The number of hydrogen-bond donors (Lipinski definition) is 1. The minimum atomic E-state index is -4.52. The topological polar surface area (TPSA) is 51.0 Å². The number of anilines is 1. The second-order valence-electron chi connectivity index (χ2n) is 4.91. The maximum Gasteiger partial charge on any atom is 0.418 e. The van der Waals surface area contributed by atoms with Crippen LogP contribution in [0.15, 0.2) is 52.9 Å². The molecular weight excluding hydrogens is 343 g/mol. The minimum Gasteiger partial charge on any atom is -0.419 e. The Hall–Kier alpha value is -2.54. The third-order valence-corrected chi connectivity index (χ3v) is 3.44. The fraction of sp³-hybridized carbons (Fsp3) is 0.125. The lowest BCUT2D eigenvalue weighted by atomic mass is 10.1. The molecule has 8 heteroatoms. The summed E-state index contributed by atoms with van der Waals surface area (Å²) in [5.74, 6) is 0.483. The molecule has 4 nitrogen and oxygen atoms in total. The molecule has 1 aromatic heterocycles. The van der Waals surface area contributed by atoms with E-state index in [4.69, 9.17) is 16.0 Å². The van der Waals surface area contributed by atoms with Crippen molar-refractivity contribution in [3.63, 3.8) is 0 Å². The molecule has 124 valence electrons. The lowest BCUT2D eigenvalue weighted by Crippen LogP contribution is -2.11. The lowest BCUT2D eigenvalue weighted by Gasteiger charge is -2.13. The van der Waals surface area contributed by atoms with Gasteiger partial charge >= 0.3 is 6.18 Å². The number of halogens is 4. The molecule has 0 unspecified atom stereocenters. The minimum absolute atomic E-state index is 0.0111. The highest BCUT2D eigenvalue weighted by Gasteiger charge is 2.33. The summed E-state index contributed by atoms with van der Waals surface area (Å²) in [4.78, 5) is 0. The van der Waals surface area contributed by atoms with Gasteiger partial charge in [-0.25, -0.2) is 0 Å². The molecule has 2 aromatic carbocycles. The Labute approximate surface area is 140 Å². The molecule has 0 saturated carbocycles. The summed E-state index contributed by atoms with van der Waals surface area (Å²) in [6, 6.07) is 12.6. The van der Waals surface area contributed by atoms with E-state index in [1.165, 1.54) is 12.1 Å². The van der Waals surface area contributed by atoms with Gasteiger partial charge in [-0.05, 0) is 30.3 Å². The quantitative estimate of drug-likeness (QED) is 0.715. The average Bonchev–Trinajstić information content (AvgIpc) is 3.02. The van der Waals surface area contributed by atoms with E-state index in [-0.39, 0.29) is 23.1 Å². The summed E-state index contributed by atoms with van der Waals surface area (Å²) in [6.07, 6.45) is -4.52. The molecule has 24 heavy (non-hydrogen) atoms. The fourth-order valence-corrected chi connectivity index (χ4v) is 2.27. The van der Waals surface area contributed by atoms with Gasteiger partial charge in [0.25, 0.3) is 0 Å². The van der Waals surface area contributed by atoms with Crippen LogP contribution in [0.1, 0.15) is 11.5 Å². The lowest BCUT2D eigenvalue weighted by molar-refractivity contribution is -0.137. The molecule has 3 aromatic rings. The van der Waals surface area contributed by atoms with Crippen LogP contribution in [0.2, 0.25) is 5.02 Å². The Kier molecular flexibility index (Phi) is 4.44. The highest BCUT2D eigenvalue weighted by Crippen LogP contribution is 2.36. The van der Waals surface area contributed by atoms with Gasteiger partial charge in [0.1, 0.15) is 0 Å². The predicted octanol–water partition coefficient (Wildman–Crippen LogP) is 5.02. The fourth-order valence-electron chi connectivity index (χ4n) is 2.10. The monoisotopic (exact) mass is 353 g/mol. The second-order valence-corrected chi connectivity index (χ2v) is 5.34. The van der Waals surface area contributed by atoms with Gasteiger partial charge in [-0.1, -0.05) is 29.8 Å². The van der Waals surface area contributed by atoms with E-state index in [1.807, 2.05) is 18.2 Å². The molecule has 3 rings (SSSR count). The van der Waals surface area contributed by atoms with Crippen LogP contribution in [0, 0.1) is 0 Å². The van der Waals surface area contributed by atoms with Crippen molar-refractivity contribution in [1.29, 1.82) is 0 Å². The number of rotatable bonds is 4. The highest BCUT2D eigenvalue weighted by molar-refractivity contribution is 6.30. The zero-order valence-corrected chi connectivity index (χ0v) is 12.9. The molecule has 0 aliphatic rings. The number of benzene rings is 2. The van der Waals surface area contributed by atoms with E-state index in [2.05, 4.69) is 15.5 Å². The van der Waals surface area contributed by atoms with Crippen molar-refractivity contribution in [2.24, 2.45) is 0 Å². The van der Waals surface area contributed by atoms with Crippen LogP contribution in [0.25, 0.3) is 11.5 Å². The van der Waals surface area contributed by atoms with Crippen molar-refractivity contribution in [3.8, 4) is 11.5 Å². The Morgan fingerprint density at radius 3 is 2.50 bits per heavy atom. The number of hydrogen-bond acceptors (Lipinski definition) is 4. The first kappa shape index (κ1) is 16.3. The third-order valence-electron chi connectivity index (χ3n) is 3.20. The second kappa shape index (κ2) is 6.52. The van der Waals surface area contributed by atoms with Crippen LogP contribution < -0.4 is 5.32 Å². The Morgan fingerprint density at radius 1 is 1.04 bits per heavy atom. The molecule has 1 N–H and O–H groups in total. The summed E-state index contributed by atoms with van der Waals surface area (Å²) in [7, 11) is 0. The molecule has 0 spiro atoms. The first-order valence-electron chi connectivity index (χ1n) is 6.92. The normalized spacial score (nSPS) is 11.5. The molecule has 0 fully saturated rings. The van der Waals surface area contributed by atoms with Crippen LogP contribution in [0.5, 0.6) is 0 Å². The summed E-state index contributed by atoms with van der Waals surface area (Å²) in [6.45, 7) is -0.0372. The van der Waals surface area contributed by atoms with Crippen molar-refractivity contribution in [2.45, 2.75) is 12.7 Å². The molecule has 0 radical (unpaired) electrons. The molecule has 0 amide bonds. The predicted molar refractivity (Wildman–Crippen MR) is 83.5 cm³/mol. The van der Waals surface area contributed by atoms with E-state index >= 15 is 0 Å². The zero-order valence-electron chi connectivity index (χ0n) is 12.1. The van der Waals surface area contributed by atoms with Crippen LogP contribution in [0.3, 0.4) is 0 Å². The Morgan fingerprint density at radius 2 is 1.79 bits per heavy atom. The Bertz CT molecular complexity index is 834. The number of alkyl halides is 3. The molecule has 0 aliphatic heterocycles. The average molecular weight is 354 g/mol. The highest BCUT2D eigenvalue weighted by atomic mass is 35.5. The standard InChI is InChI=1S/C16H11ClF3N3O/c17-11-6-7-13(12(8-11)16(18,19)20)21-9-14-22-23-15(24-14)10-4-2-1-3-5-10/h1-8,21H,9H2. The SMILES string of the molecule is FC(F)(F)c1cc(Cl)ccc1NCc1nnc(-c2ccccc2)o1. The molecule has 0 atom stereocenters. The molecule has 0 aliphatic carbocycles. The summed E-state index contributed by atoms with van der Waals surface area (Å²) in [5, 5.41) is 10.4. The van der Waals surface area contributed by atoms with E-state index in [0.29, 0.717) is 5.89 Å². The molecule has 0 saturated heterocycles. The number of nitrogens with zero attached hydrogens (tertiary/aromatic N) is 2. The summed E-state index contributed by atoms with van der Waals surface area (Å²) >= 11 is 5.64.